The maximum absolute atomic E-state index is 5.50. The van der Waals surface area contributed by atoms with E-state index in [1.54, 1.807) is 7.11 Å². The molecule has 0 amide bonds. The largest absolute Gasteiger partial charge is 0.382 e. The van der Waals surface area contributed by atoms with Crippen LogP contribution in [0.15, 0.2) is 12.7 Å². The molecule has 1 unspecified atom stereocenters. The van der Waals surface area contributed by atoms with Crippen LogP contribution in [0.5, 0.6) is 0 Å². The van der Waals surface area contributed by atoms with Crippen LogP contribution in [-0.4, -0.2) is 39.0 Å². The fourth-order valence-electron chi connectivity index (χ4n) is 1.28. The molecule has 0 heterocycles. The van der Waals surface area contributed by atoms with Crippen LogP contribution >= 0.6 is 0 Å². The molecule has 0 spiro atoms. The summed E-state index contributed by atoms with van der Waals surface area (Å²) in [6.45, 7) is 15.6. The van der Waals surface area contributed by atoms with Gasteiger partial charge in [-0.3, -0.25) is 0 Å². The van der Waals surface area contributed by atoms with E-state index in [-0.39, 0.29) is 11.0 Å². The van der Waals surface area contributed by atoms with Crippen LogP contribution in [0.3, 0.4) is 0 Å². The Labute approximate surface area is 107 Å². The average Bonchev–Trinajstić information content (AvgIpc) is 2.25. The van der Waals surface area contributed by atoms with Crippen LogP contribution in [-0.2, 0) is 9.47 Å². The van der Waals surface area contributed by atoms with Crippen molar-refractivity contribution in [2.24, 2.45) is 5.41 Å². The lowest BCUT2D eigenvalue weighted by Crippen LogP contribution is -2.42. The summed E-state index contributed by atoms with van der Waals surface area (Å²) in [4.78, 5) is 0. The summed E-state index contributed by atoms with van der Waals surface area (Å²) in [6, 6.07) is 0. The lowest BCUT2D eigenvalue weighted by atomic mass is 9.86. The first-order chi connectivity index (χ1) is 7.83. The van der Waals surface area contributed by atoms with Gasteiger partial charge in [-0.05, 0) is 32.6 Å². The summed E-state index contributed by atoms with van der Waals surface area (Å²) in [5.74, 6) is 0. The molecule has 0 saturated carbocycles. The van der Waals surface area contributed by atoms with E-state index < -0.39 is 0 Å². The molecule has 1 N–H and O–H groups in total. The van der Waals surface area contributed by atoms with Crippen LogP contribution in [0.2, 0.25) is 0 Å². The molecule has 0 radical (unpaired) electrons. The number of methoxy groups -OCH3 is 1. The molecule has 3 nitrogen and oxygen atoms in total. The molecule has 0 saturated heterocycles. The molecule has 0 aromatic rings. The van der Waals surface area contributed by atoms with Gasteiger partial charge in [0.25, 0.3) is 0 Å². The predicted molar refractivity (Wildman–Crippen MR) is 73.4 cm³/mol. The molecule has 0 aromatic carbocycles. The van der Waals surface area contributed by atoms with Crippen molar-refractivity contribution in [1.29, 1.82) is 0 Å². The Morgan fingerprint density at radius 3 is 2.24 bits per heavy atom. The Balaban J connectivity index is 3.89. The zero-order valence-electron chi connectivity index (χ0n) is 12.1. The maximum Gasteiger partial charge on any atom is 0.0700 e. The van der Waals surface area contributed by atoms with Gasteiger partial charge in [0.05, 0.1) is 13.2 Å². The fraction of sp³-hybridized carbons (Fsp3) is 0.857. The van der Waals surface area contributed by atoms with Gasteiger partial charge in [-0.1, -0.05) is 13.0 Å². The van der Waals surface area contributed by atoms with Crippen LogP contribution in [0.4, 0.5) is 0 Å². The highest BCUT2D eigenvalue weighted by molar-refractivity contribution is 4.94. The maximum atomic E-state index is 5.50. The Morgan fingerprint density at radius 2 is 1.76 bits per heavy atom. The van der Waals surface area contributed by atoms with Crippen molar-refractivity contribution in [3.8, 4) is 0 Å². The van der Waals surface area contributed by atoms with Gasteiger partial charge in [-0.25, -0.2) is 0 Å². The van der Waals surface area contributed by atoms with Gasteiger partial charge in [0, 0.05) is 25.8 Å². The third kappa shape index (κ3) is 9.33. The lowest BCUT2D eigenvalue weighted by molar-refractivity contribution is 0.0584. The molecule has 0 aliphatic heterocycles. The third-order valence-electron chi connectivity index (χ3n) is 2.76. The third-order valence-corrected chi connectivity index (χ3v) is 2.76. The monoisotopic (exact) mass is 243 g/mol. The van der Waals surface area contributed by atoms with Gasteiger partial charge in [0.15, 0.2) is 0 Å². The van der Waals surface area contributed by atoms with Gasteiger partial charge in [-0.2, -0.15) is 0 Å². The van der Waals surface area contributed by atoms with E-state index in [4.69, 9.17) is 9.47 Å². The van der Waals surface area contributed by atoms with Crippen molar-refractivity contribution in [2.75, 3.05) is 33.5 Å². The van der Waals surface area contributed by atoms with Gasteiger partial charge in [0.2, 0.25) is 0 Å². The van der Waals surface area contributed by atoms with E-state index in [0.29, 0.717) is 13.2 Å². The van der Waals surface area contributed by atoms with E-state index in [1.807, 2.05) is 6.08 Å². The fourth-order valence-corrected chi connectivity index (χ4v) is 1.28. The molecule has 0 bridgehead atoms. The predicted octanol–water partition coefficient (Wildman–Crippen LogP) is 2.62. The standard InChI is InChI=1S/C14H29NO2/c1-7-14(5,12-15-13(2,3)4)8-9-17-11-10-16-6/h7,15H,1,8-12H2,2-6H3. The highest BCUT2D eigenvalue weighted by atomic mass is 16.5. The van der Waals surface area contributed by atoms with Gasteiger partial charge in [-0.15, -0.1) is 6.58 Å². The molecule has 0 rings (SSSR count). The van der Waals surface area contributed by atoms with Gasteiger partial charge < -0.3 is 14.8 Å². The zero-order valence-corrected chi connectivity index (χ0v) is 12.1. The van der Waals surface area contributed by atoms with E-state index >= 15 is 0 Å². The number of rotatable bonds is 9. The molecule has 1 atom stereocenters. The molecule has 0 aliphatic rings. The van der Waals surface area contributed by atoms with Crippen LogP contribution in [0.25, 0.3) is 0 Å². The van der Waals surface area contributed by atoms with Crippen LogP contribution in [0.1, 0.15) is 34.1 Å². The molecular weight excluding hydrogens is 214 g/mol. The minimum absolute atomic E-state index is 0.0837. The van der Waals surface area contributed by atoms with E-state index in [2.05, 4.69) is 39.6 Å². The topological polar surface area (TPSA) is 30.5 Å². The Bertz CT molecular complexity index is 211. The lowest BCUT2D eigenvalue weighted by Gasteiger charge is -2.31. The number of hydrogen-bond acceptors (Lipinski definition) is 3. The first-order valence-electron chi connectivity index (χ1n) is 6.28. The van der Waals surface area contributed by atoms with Crippen molar-refractivity contribution >= 4 is 0 Å². The summed E-state index contributed by atoms with van der Waals surface area (Å²) in [7, 11) is 1.68. The number of nitrogens with one attached hydrogen (secondary N) is 1. The summed E-state index contributed by atoms with van der Waals surface area (Å²) in [5, 5.41) is 3.51. The van der Waals surface area contributed by atoms with Crippen molar-refractivity contribution in [1.82, 2.24) is 5.32 Å². The SMILES string of the molecule is C=CC(C)(CCOCCOC)CNC(C)(C)C. The van der Waals surface area contributed by atoms with Crippen molar-refractivity contribution < 1.29 is 9.47 Å². The summed E-state index contributed by atoms with van der Waals surface area (Å²) < 4.78 is 10.4. The van der Waals surface area contributed by atoms with Gasteiger partial charge >= 0.3 is 0 Å². The first kappa shape index (κ1) is 16.6. The average molecular weight is 243 g/mol. The minimum Gasteiger partial charge on any atom is -0.382 e. The normalized spacial score (nSPS) is 15.6. The summed E-state index contributed by atoms with van der Waals surface area (Å²) in [6.07, 6.45) is 2.99. The summed E-state index contributed by atoms with van der Waals surface area (Å²) in [5.41, 5.74) is 0.224. The van der Waals surface area contributed by atoms with Crippen molar-refractivity contribution in [2.45, 2.75) is 39.7 Å². The van der Waals surface area contributed by atoms with Crippen molar-refractivity contribution in [3.63, 3.8) is 0 Å². The number of hydrogen-bond donors (Lipinski definition) is 1. The highest BCUT2D eigenvalue weighted by Crippen LogP contribution is 2.22. The van der Waals surface area contributed by atoms with E-state index in [1.165, 1.54) is 0 Å². The van der Waals surface area contributed by atoms with Crippen molar-refractivity contribution in [3.05, 3.63) is 12.7 Å². The Kier molecular flexibility index (Phi) is 7.68. The molecule has 0 fully saturated rings. The Hall–Kier alpha value is -0.380. The second-order valence-electron chi connectivity index (χ2n) is 5.82. The van der Waals surface area contributed by atoms with Gasteiger partial charge in [0.1, 0.15) is 0 Å². The quantitative estimate of drug-likeness (QED) is 0.499. The second kappa shape index (κ2) is 7.85. The minimum atomic E-state index is 0.0837. The first-order valence-corrected chi connectivity index (χ1v) is 6.28. The smallest absolute Gasteiger partial charge is 0.0700 e. The van der Waals surface area contributed by atoms with Crippen LogP contribution in [0, 0.1) is 5.41 Å². The summed E-state index contributed by atoms with van der Waals surface area (Å²) >= 11 is 0. The highest BCUT2D eigenvalue weighted by Gasteiger charge is 2.22. The zero-order chi connectivity index (χ0) is 13.4. The van der Waals surface area contributed by atoms with E-state index in [9.17, 15) is 0 Å². The molecule has 102 valence electrons. The second-order valence-corrected chi connectivity index (χ2v) is 5.82. The molecule has 17 heavy (non-hydrogen) atoms. The molecule has 0 aliphatic carbocycles. The Morgan fingerprint density at radius 1 is 1.12 bits per heavy atom. The number of ether oxygens (including phenoxy) is 2. The van der Waals surface area contributed by atoms with E-state index in [0.717, 1.165) is 19.6 Å². The molecule has 0 aromatic heterocycles. The molecular formula is C14H29NO2. The molecule has 3 heteroatoms. The van der Waals surface area contributed by atoms with Crippen LogP contribution < -0.4 is 5.32 Å².